The Kier molecular flexibility index (Phi) is 21.2. The van der Waals surface area contributed by atoms with Gasteiger partial charge in [-0.05, 0) is 38.5 Å². The molecule has 30 heavy (non-hydrogen) atoms. The summed E-state index contributed by atoms with van der Waals surface area (Å²) in [5, 5.41) is 17.6. The standard InChI is InChI=1S/C24H44O6/c1-2-3-4-5-6-7-8-9-10-11-16-22(24(28)30-20-15-13-18-26)21-23(27)29-19-14-12-17-25/h11,16,22,25-26H,2-10,12-15,17-21H2,1H3. The minimum atomic E-state index is -0.640. The molecule has 0 aliphatic heterocycles. The molecule has 0 spiro atoms. The number of carbonyl (C=O) groups excluding carboxylic acids is 2. The van der Waals surface area contributed by atoms with E-state index in [1.54, 1.807) is 6.08 Å². The van der Waals surface area contributed by atoms with Crippen molar-refractivity contribution in [1.82, 2.24) is 0 Å². The number of rotatable bonds is 21. The van der Waals surface area contributed by atoms with E-state index in [9.17, 15) is 9.59 Å². The normalized spacial score (nSPS) is 12.2. The van der Waals surface area contributed by atoms with Crippen LogP contribution in [0.2, 0.25) is 0 Å². The highest BCUT2D eigenvalue weighted by Gasteiger charge is 2.21. The first-order valence-electron chi connectivity index (χ1n) is 11.9. The molecular weight excluding hydrogens is 384 g/mol. The van der Waals surface area contributed by atoms with Crippen molar-refractivity contribution < 1.29 is 29.3 Å². The molecular formula is C24H44O6. The topological polar surface area (TPSA) is 93.1 Å². The Morgan fingerprint density at radius 3 is 1.93 bits per heavy atom. The monoisotopic (exact) mass is 428 g/mol. The largest absolute Gasteiger partial charge is 0.466 e. The number of hydrogen-bond donors (Lipinski definition) is 2. The maximum absolute atomic E-state index is 12.3. The van der Waals surface area contributed by atoms with Crippen molar-refractivity contribution in [2.75, 3.05) is 26.4 Å². The summed E-state index contributed by atoms with van der Waals surface area (Å²) in [7, 11) is 0. The third-order valence-corrected chi connectivity index (χ3v) is 4.89. The number of hydrogen-bond acceptors (Lipinski definition) is 6. The highest BCUT2D eigenvalue weighted by atomic mass is 16.5. The molecule has 0 bridgehead atoms. The molecule has 0 aliphatic carbocycles. The van der Waals surface area contributed by atoms with Gasteiger partial charge in [-0.2, -0.15) is 0 Å². The molecule has 2 N–H and O–H groups in total. The minimum absolute atomic E-state index is 0.0358. The summed E-state index contributed by atoms with van der Waals surface area (Å²) in [5.74, 6) is -1.49. The first-order chi connectivity index (χ1) is 14.7. The van der Waals surface area contributed by atoms with Gasteiger partial charge >= 0.3 is 11.9 Å². The third-order valence-electron chi connectivity index (χ3n) is 4.89. The van der Waals surface area contributed by atoms with Gasteiger partial charge in [0.2, 0.25) is 0 Å². The van der Waals surface area contributed by atoms with Crippen LogP contribution in [0.3, 0.4) is 0 Å². The molecule has 0 amide bonds. The Balaban J connectivity index is 4.27. The Hall–Kier alpha value is -1.40. The first kappa shape index (κ1) is 28.6. The van der Waals surface area contributed by atoms with Gasteiger partial charge in [-0.3, -0.25) is 9.59 Å². The molecule has 0 fully saturated rings. The maximum atomic E-state index is 12.3. The number of aliphatic hydroxyl groups is 2. The second-order valence-electron chi connectivity index (χ2n) is 7.75. The fourth-order valence-electron chi connectivity index (χ4n) is 3.02. The first-order valence-corrected chi connectivity index (χ1v) is 11.9. The van der Waals surface area contributed by atoms with Crippen LogP contribution in [0.1, 0.15) is 96.8 Å². The predicted molar refractivity (Wildman–Crippen MR) is 119 cm³/mol. The average Bonchev–Trinajstić information content (AvgIpc) is 2.74. The summed E-state index contributed by atoms with van der Waals surface area (Å²) in [6.07, 6.45) is 17.0. The van der Waals surface area contributed by atoms with E-state index in [1.165, 1.54) is 44.9 Å². The van der Waals surface area contributed by atoms with Gasteiger partial charge in [0.05, 0.1) is 25.6 Å². The molecule has 0 aromatic rings. The molecule has 0 saturated heterocycles. The van der Waals surface area contributed by atoms with Crippen molar-refractivity contribution in [3.63, 3.8) is 0 Å². The van der Waals surface area contributed by atoms with E-state index in [-0.39, 0.29) is 32.8 Å². The second kappa shape index (κ2) is 22.3. The van der Waals surface area contributed by atoms with Crippen LogP contribution >= 0.6 is 0 Å². The van der Waals surface area contributed by atoms with E-state index in [1.807, 2.05) is 6.08 Å². The lowest BCUT2D eigenvalue weighted by Crippen LogP contribution is -2.21. The molecule has 1 atom stereocenters. The van der Waals surface area contributed by atoms with Crippen LogP contribution < -0.4 is 0 Å². The fourth-order valence-corrected chi connectivity index (χ4v) is 3.02. The number of unbranched alkanes of at least 4 members (excludes halogenated alkanes) is 10. The molecule has 0 radical (unpaired) electrons. The van der Waals surface area contributed by atoms with Gasteiger partial charge in [0.15, 0.2) is 0 Å². The molecule has 0 aromatic carbocycles. The van der Waals surface area contributed by atoms with E-state index in [4.69, 9.17) is 19.7 Å². The SMILES string of the molecule is CCCCCCCCCCC=CC(CC(=O)OCCCCO)C(=O)OCCCCO. The van der Waals surface area contributed by atoms with Gasteiger partial charge in [0, 0.05) is 13.2 Å². The Labute approximate surface area is 183 Å². The lowest BCUT2D eigenvalue weighted by atomic mass is 10.0. The zero-order chi connectivity index (χ0) is 22.3. The minimum Gasteiger partial charge on any atom is -0.466 e. The van der Waals surface area contributed by atoms with Crippen LogP contribution in [0.5, 0.6) is 0 Å². The molecule has 176 valence electrons. The van der Waals surface area contributed by atoms with Crippen molar-refractivity contribution in [3.8, 4) is 0 Å². The summed E-state index contributed by atoms with van der Waals surface area (Å²) in [5.41, 5.74) is 0. The Morgan fingerprint density at radius 2 is 1.33 bits per heavy atom. The summed E-state index contributed by atoms with van der Waals surface area (Å²) in [6, 6.07) is 0. The lowest BCUT2D eigenvalue weighted by Gasteiger charge is -2.12. The van der Waals surface area contributed by atoms with Crippen molar-refractivity contribution >= 4 is 11.9 Å². The lowest BCUT2D eigenvalue weighted by molar-refractivity contribution is -0.153. The van der Waals surface area contributed by atoms with Gasteiger partial charge in [-0.15, -0.1) is 0 Å². The van der Waals surface area contributed by atoms with Crippen molar-refractivity contribution in [1.29, 1.82) is 0 Å². The van der Waals surface area contributed by atoms with E-state index >= 15 is 0 Å². The van der Waals surface area contributed by atoms with Gasteiger partial charge in [-0.25, -0.2) is 0 Å². The number of esters is 2. The number of allylic oxidation sites excluding steroid dienone is 1. The van der Waals surface area contributed by atoms with E-state index < -0.39 is 17.9 Å². The molecule has 6 heteroatoms. The van der Waals surface area contributed by atoms with Gasteiger partial charge < -0.3 is 19.7 Å². The molecule has 0 aliphatic rings. The van der Waals surface area contributed by atoms with Crippen LogP contribution in [0.25, 0.3) is 0 Å². The molecule has 0 aromatic heterocycles. The van der Waals surface area contributed by atoms with Crippen LogP contribution in [-0.2, 0) is 19.1 Å². The molecule has 0 saturated carbocycles. The van der Waals surface area contributed by atoms with Crippen LogP contribution in [0.15, 0.2) is 12.2 Å². The zero-order valence-electron chi connectivity index (χ0n) is 19.0. The average molecular weight is 429 g/mol. The zero-order valence-corrected chi connectivity index (χ0v) is 19.0. The number of aliphatic hydroxyl groups excluding tert-OH is 2. The number of carbonyl (C=O) groups is 2. The maximum Gasteiger partial charge on any atom is 0.313 e. The van der Waals surface area contributed by atoms with Crippen molar-refractivity contribution in [2.45, 2.75) is 96.8 Å². The van der Waals surface area contributed by atoms with Crippen LogP contribution in [-0.4, -0.2) is 48.6 Å². The Bertz CT molecular complexity index is 435. The van der Waals surface area contributed by atoms with Crippen LogP contribution in [0, 0.1) is 5.92 Å². The molecule has 1 unspecified atom stereocenters. The highest BCUT2D eigenvalue weighted by Crippen LogP contribution is 2.13. The van der Waals surface area contributed by atoms with Gasteiger partial charge in [0.25, 0.3) is 0 Å². The van der Waals surface area contributed by atoms with Gasteiger partial charge in [-0.1, -0.05) is 64.0 Å². The quantitative estimate of drug-likeness (QED) is 0.156. The summed E-state index contributed by atoms with van der Waals surface area (Å²) in [4.78, 5) is 24.4. The van der Waals surface area contributed by atoms with E-state index in [0.29, 0.717) is 25.7 Å². The van der Waals surface area contributed by atoms with Crippen LogP contribution in [0.4, 0.5) is 0 Å². The summed E-state index contributed by atoms with van der Waals surface area (Å²) >= 11 is 0. The van der Waals surface area contributed by atoms with E-state index in [0.717, 1.165) is 12.8 Å². The molecule has 0 rings (SSSR count). The van der Waals surface area contributed by atoms with Crippen molar-refractivity contribution in [3.05, 3.63) is 12.2 Å². The number of ether oxygens (including phenoxy) is 2. The van der Waals surface area contributed by atoms with Gasteiger partial charge in [0.1, 0.15) is 0 Å². The third kappa shape index (κ3) is 18.6. The van der Waals surface area contributed by atoms with Crippen molar-refractivity contribution in [2.24, 2.45) is 5.92 Å². The smallest absolute Gasteiger partial charge is 0.313 e. The fraction of sp³-hybridized carbons (Fsp3) is 0.833. The second-order valence-corrected chi connectivity index (χ2v) is 7.75. The van der Waals surface area contributed by atoms with E-state index in [2.05, 4.69) is 6.92 Å². The molecule has 6 nitrogen and oxygen atoms in total. The summed E-state index contributed by atoms with van der Waals surface area (Å²) < 4.78 is 10.4. The predicted octanol–water partition coefficient (Wildman–Crippen LogP) is 4.71. The molecule has 0 heterocycles. The highest BCUT2D eigenvalue weighted by molar-refractivity contribution is 5.81. The summed E-state index contributed by atoms with van der Waals surface area (Å²) in [6.45, 7) is 2.86. The Morgan fingerprint density at radius 1 is 0.767 bits per heavy atom.